The van der Waals surface area contributed by atoms with E-state index in [4.69, 9.17) is 5.84 Å². The maximum Gasteiger partial charge on any atom is 0.0564 e. The molecule has 1 fully saturated rings. The molecule has 82 valence electrons. The SMILES string of the molecule is NNc1ccnc(CN2CCSCC2)c1. The summed E-state index contributed by atoms with van der Waals surface area (Å²) in [6.45, 7) is 3.25. The van der Waals surface area contributed by atoms with E-state index < -0.39 is 0 Å². The van der Waals surface area contributed by atoms with Gasteiger partial charge in [-0.3, -0.25) is 15.7 Å². The number of nitrogens with two attached hydrogens (primary N) is 1. The van der Waals surface area contributed by atoms with Crippen LogP contribution >= 0.6 is 11.8 Å². The van der Waals surface area contributed by atoms with Crippen molar-refractivity contribution in [3.05, 3.63) is 24.0 Å². The van der Waals surface area contributed by atoms with E-state index in [1.807, 2.05) is 23.9 Å². The Labute approximate surface area is 94.2 Å². The summed E-state index contributed by atoms with van der Waals surface area (Å²) in [5, 5.41) is 0. The molecular weight excluding hydrogens is 208 g/mol. The predicted molar refractivity (Wildman–Crippen MR) is 64.6 cm³/mol. The quantitative estimate of drug-likeness (QED) is 0.590. The number of hydrogen-bond donors (Lipinski definition) is 2. The molecule has 4 nitrogen and oxygen atoms in total. The van der Waals surface area contributed by atoms with Crippen LogP contribution in [-0.4, -0.2) is 34.5 Å². The highest BCUT2D eigenvalue weighted by atomic mass is 32.2. The van der Waals surface area contributed by atoms with Crippen molar-refractivity contribution in [2.75, 3.05) is 30.0 Å². The number of hydrogen-bond acceptors (Lipinski definition) is 5. The van der Waals surface area contributed by atoms with E-state index in [0.29, 0.717) is 0 Å². The Morgan fingerprint density at radius 1 is 1.47 bits per heavy atom. The first-order valence-electron chi connectivity index (χ1n) is 5.10. The van der Waals surface area contributed by atoms with E-state index in [9.17, 15) is 0 Å². The molecule has 3 N–H and O–H groups in total. The lowest BCUT2D eigenvalue weighted by Gasteiger charge is -2.25. The van der Waals surface area contributed by atoms with E-state index in [1.165, 1.54) is 11.5 Å². The van der Waals surface area contributed by atoms with Crippen LogP contribution in [0, 0.1) is 0 Å². The first kappa shape index (κ1) is 10.7. The number of aromatic nitrogens is 1. The minimum atomic E-state index is 0.923. The molecule has 0 radical (unpaired) electrons. The average Bonchev–Trinajstić information content (AvgIpc) is 2.31. The zero-order chi connectivity index (χ0) is 10.5. The standard InChI is InChI=1S/C10H16N4S/c11-13-9-1-2-12-10(7-9)8-14-3-5-15-6-4-14/h1-2,7H,3-6,8,11H2,(H,12,13). The summed E-state index contributed by atoms with van der Waals surface area (Å²) in [6, 6.07) is 3.87. The molecule has 15 heavy (non-hydrogen) atoms. The Hall–Kier alpha value is -0.780. The molecule has 1 aromatic heterocycles. The summed E-state index contributed by atoms with van der Waals surface area (Å²) < 4.78 is 0. The number of anilines is 1. The Balaban J connectivity index is 1.96. The number of nitrogen functional groups attached to an aromatic ring is 1. The second-order valence-electron chi connectivity index (χ2n) is 3.57. The van der Waals surface area contributed by atoms with E-state index in [1.54, 1.807) is 6.20 Å². The molecule has 0 atom stereocenters. The molecule has 1 aromatic rings. The molecule has 1 aliphatic heterocycles. The zero-order valence-corrected chi connectivity index (χ0v) is 9.46. The van der Waals surface area contributed by atoms with Gasteiger partial charge in [0, 0.05) is 37.3 Å². The van der Waals surface area contributed by atoms with Crippen molar-refractivity contribution in [2.24, 2.45) is 5.84 Å². The number of hydrazine groups is 1. The highest BCUT2D eigenvalue weighted by molar-refractivity contribution is 7.99. The third-order valence-electron chi connectivity index (χ3n) is 2.47. The van der Waals surface area contributed by atoms with Crippen molar-refractivity contribution >= 4 is 17.4 Å². The molecule has 2 heterocycles. The van der Waals surface area contributed by atoms with Gasteiger partial charge in [0.2, 0.25) is 0 Å². The second-order valence-corrected chi connectivity index (χ2v) is 4.79. The van der Waals surface area contributed by atoms with Crippen molar-refractivity contribution in [1.82, 2.24) is 9.88 Å². The normalized spacial score (nSPS) is 17.7. The van der Waals surface area contributed by atoms with Crippen LogP contribution in [-0.2, 0) is 6.54 Å². The van der Waals surface area contributed by atoms with E-state index in [0.717, 1.165) is 31.0 Å². The zero-order valence-electron chi connectivity index (χ0n) is 8.65. The molecule has 1 aliphatic rings. The molecule has 0 spiro atoms. The van der Waals surface area contributed by atoms with Gasteiger partial charge < -0.3 is 5.43 Å². The van der Waals surface area contributed by atoms with Crippen LogP contribution in [0.15, 0.2) is 18.3 Å². The van der Waals surface area contributed by atoms with Gasteiger partial charge in [0.15, 0.2) is 0 Å². The van der Waals surface area contributed by atoms with Gasteiger partial charge in [0.05, 0.1) is 11.4 Å². The first-order valence-corrected chi connectivity index (χ1v) is 6.25. The average molecular weight is 224 g/mol. The molecule has 2 rings (SSSR count). The fraction of sp³-hybridized carbons (Fsp3) is 0.500. The molecule has 0 unspecified atom stereocenters. The molecule has 0 aliphatic carbocycles. The van der Waals surface area contributed by atoms with E-state index in [2.05, 4.69) is 15.3 Å². The Morgan fingerprint density at radius 3 is 3.00 bits per heavy atom. The molecule has 0 bridgehead atoms. The largest absolute Gasteiger partial charge is 0.324 e. The summed E-state index contributed by atoms with van der Waals surface area (Å²) in [6.07, 6.45) is 1.79. The number of rotatable bonds is 3. The highest BCUT2D eigenvalue weighted by Crippen LogP contribution is 2.13. The van der Waals surface area contributed by atoms with E-state index >= 15 is 0 Å². The van der Waals surface area contributed by atoms with Gasteiger partial charge in [0.25, 0.3) is 0 Å². The van der Waals surface area contributed by atoms with Crippen LogP contribution in [0.4, 0.5) is 5.69 Å². The lowest BCUT2D eigenvalue weighted by molar-refractivity contribution is 0.291. The molecule has 0 saturated carbocycles. The first-order chi connectivity index (χ1) is 7.38. The molecular formula is C10H16N4S. The molecule has 0 amide bonds. The van der Waals surface area contributed by atoms with Crippen LogP contribution in [0.3, 0.4) is 0 Å². The van der Waals surface area contributed by atoms with Gasteiger partial charge in [-0.05, 0) is 12.1 Å². The smallest absolute Gasteiger partial charge is 0.0564 e. The van der Waals surface area contributed by atoms with Gasteiger partial charge in [0.1, 0.15) is 0 Å². The summed E-state index contributed by atoms with van der Waals surface area (Å²) in [5.41, 5.74) is 4.65. The van der Waals surface area contributed by atoms with Gasteiger partial charge in [-0.1, -0.05) is 0 Å². The number of thioether (sulfide) groups is 1. The second kappa shape index (κ2) is 5.34. The monoisotopic (exact) mass is 224 g/mol. The van der Waals surface area contributed by atoms with E-state index in [-0.39, 0.29) is 0 Å². The lowest BCUT2D eigenvalue weighted by Crippen LogP contribution is -2.32. The highest BCUT2D eigenvalue weighted by Gasteiger charge is 2.11. The number of nitrogens with zero attached hydrogens (tertiary/aromatic N) is 2. The Morgan fingerprint density at radius 2 is 2.27 bits per heavy atom. The molecule has 5 heteroatoms. The van der Waals surface area contributed by atoms with Crippen LogP contribution < -0.4 is 11.3 Å². The van der Waals surface area contributed by atoms with Crippen LogP contribution in [0.25, 0.3) is 0 Å². The molecule has 0 aromatic carbocycles. The summed E-state index contributed by atoms with van der Waals surface area (Å²) in [5.74, 6) is 7.82. The summed E-state index contributed by atoms with van der Waals surface area (Å²) in [4.78, 5) is 6.77. The van der Waals surface area contributed by atoms with Gasteiger partial charge in [-0.15, -0.1) is 0 Å². The summed E-state index contributed by atoms with van der Waals surface area (Å²) in [7, 11) is 0. The summed E-state index contributed by atoms with van der Waals surface area (Å²) >= 11 is 2.02. The van der Waals surface area contributed by atoms with Crippen molar-refractivity contribution in [3.8, 4) is 0 Å². The van der Waals surface area contributed by atoms with Gasteiger partial charge in [-0.2, -0.15) is 11.8 Å². The van der Waals surface area contributed by atoms with Crippen LogP contribution in [0.5, 0.6) is 0 Å². The van der Waals surface area contributed by atoms with Crippen LogP contribution in [0.2, 0.25) is 0 Å². The minimum absolute atomic E-state index is 0.923. The van der Waals surface area contributed by atoms with Crippen molar-refractivity contribution in [2.45, 2.75) is 6.54 Å². The lowest BCUT2D eigenvalue weighted by atomic mass is 10.3. The fourth-order valence-electron chi connectivity index (χ4n) is 1.64. The third kappa shape index (κ3) is 3.09. The topological polar surface area (TPSA) is 54.2 Å². The fourth-order valence-corrected chi connectivity index (χ4v) is 2.62. The maximum absolute atomic E-state index is 5.36. The predicted octanol–water partition coefficient (Wildman–Crippen LogP) is 0.916. The van der Waals surface area contributed by atoms with Crippen molar-refractivity contribution in [3.63, 3.8) is 0 Å². The van der Waals surface area contributed by atoms with Crippen LogP contribution in [0.1, 0.15) is 5.69 Å². The van der Waals surface area contributed by atoms with Gasteiger partial charge in [-0.25, -0.2) is 0 Å². The third-order valence-corrected chi connectivity index (χ3v) is 3.42. The Bertz CT molecular complexity index is 312. The van der Waals surface area contributed by atoms with Crippen molar-refractivity contribution in [1.29, 1.82) is 0 Å². The van der Waals surface area contributed by atoms with Crippen molar-refractivity contribution < 1.29 is 0 Å². The van der Waals surface area contributed by atoms with Gasteiger partial charge >= 0.3 is 0 Å². The Kier molecular flexibility index (Phi) is 3.82. The number of nitrogens with one attached hydrogen (secondary N) is 1. The number of pyridine rings is 1. The minimum Gasteiger partial charge on any atom is -0.324 e. The molecule has 1 saturated heterocycles. The maximum atomic E-state index is 5.36.